The summed E-state index contributed by atoms with van der Waals surface area (Å²) < 4.78 is 1.57. The molecule has 2 heterocycles. The number of carbonyl (C=O) groups excluding carboxylic acids is 2. The summed E-state index contributed by atoms with van der Waals surface area (Å²) in [7, 11) is 0. The number of nitrogens with one attached hydrogen (secondary N) is 2. The van der Waals surface area contributed by atoms with Gasteiger partial charge in [0.05, 0.1) is 5.69 Å². The average Bonchev–Trinajstić information content (AvgIpc) is 3.05. The van der Waals surface area contributed by atoms with Crippen molar-refractivity contribution in [3.05, 3.63) is 52.2 Å². The van der Waals surface area contributed by atoms with Gasteiger partial charge < -0.3 is 15.2 Å². The lowest BCUT2D eigenvalue weighted by Gasteiger charge is -2.32. The maximum atomic E-state index is 12.8. The third-order valence-corrected chi connectivity index (χ3v) is 5.86. The van der Waals surface area contributed by atoms with Gasteiger partial charge in [-0.1, -0.05) is 13.8 Å². The van der Waals surface area contributed by atoms with E-state index in [4.69, 9.17) is 0 Å². The highest BCUT2D eigenvalue weighted by molar-refractivity contribution is 5.94. The van der Waals surface area contributed by atoms with Crippen LogP contribution in [0.25, 0.3) is 5.69 Å². The molecule has 156 valence electrons. The molecule has 0 radical (unpaired) electrons. The maximum Gasteiger partial charge on any atom is 0.330 e. The van der Waals surface area contributed by atoms with Crippen LogP contribution >= 0.6 is 0 Å². The van der Waals surface area contributed by atoms with Crippen molar-refractivity contribution in [2.45, 2.75) is 46.6 Å². The first-order chi connectivity index (χ1) is 13.8. The van der Waals surface area contributed by atoms with Crippen LogP contribution < -0.4 is 11.0 Å². The molecule has 7 heteroatoms. The summed E-state index contributed by atoms with van der Waals surface area (Å²) in [6, 6.07) is 7.21. The summed E-state index contributed by atoms with van der Waals surface area (Å²) in [5, 5.41) is 3.08. The Morgan fingerprint density at radius 2 is 1.72 bits per heavy atom. The maximum absolute atomic E-state index is 12.8. The van der Waals surface area contributed by atoms with Crippen LogP contribution in [0.3, 0.4) is 0 Å². The number of hydrogen-bond acceptors (Lipinski definition) is 3. The van der Waals surface area contributed by atoms with Crippen molar-refractivity contribution in [1.82, 2.24) is 19.8 Å². The number of rotatable bonds is 5. The van der Waals surface area contributed by atoms with Gasteiger partial charge in [-0.05, 0) is 56.9 Å². The first kappa shape index (κ1) is 20.9. The molecule has 1 atom stereocenters. The number of piperidine rings is 1. The number of hydrogen-bond donors (Lipinski definition) is 2. The summed E-state index contributed by atoms with van der Waals surface area (Å²) in [5.41, 5.74) is 1.92. The van der Waals surface area contributed by atoms with Gasteiger partial charge in [0.25, 0.3) is 5.91 Å². The van der Waals surface area contributed by atoms with Crippen molar-refractivity contribution < 1.29 is 9.59 Å². The van der Waals surface area contributed by atoms with E-state index < -0.39 is 0 Å². The van der Waals surface area contributed by atoms with Crippen LogP contribution in [0.2, 0.25) is 0 Å². The Balaban J connectivity index is 1.60. The molecule has 1 aliphatic rings. The Morgan fingerprint density at radius 1 is 1.10 bits per heavy atom. The molecule has 1 fully saturated rings. The van der Waals surface area contributed by atoms with Gasteiger partial charge in [0, 0.05) is 42.5 Å². The molecule has 0 bridgehead atoms. The molecule has 2 N–H and O–H groups in total. The summed E-state index contributed by atoms with van der Waals surface area (Å²) in [6.45, 7) is 9.19. The zero-order valence-corrected chi connectivity index (χ0v) is 17.6. The number of amides is 2. The highest BCUT2D eigenvalue weighted by Crippen LogP contribution is 2.20. The Kier molecular flexibility index (Phi) is 6.25. The van der Waals surface area contributed by atoms with Gasteiger partial charge in [-0.15, -0.1) is 0 Å². The second kappa shape index (κ2) is 8.68. The molecule has 7 nitrogen and oxygen atoms in total. The number of imidazole rings is 1. The zero-order valence-electron chi connectivity index (χ0n) is 17.6. The van der Waals surface area contributed by atoms with Crippen molar-refractivity contribution in [1.29, 1.82) is 0 Å². The highest BCUT2D eigenvalue weighted by Gasteiger charge is 2.28. The van der Waals surface area contributed by atoms with Crippen LogP contribution in [0.5, 0.6) is 0 Å². The molecule has 29 heavy (non-hydrogen) atoms. The number of likely N-dealkylation sites (tertiary alicyclic amines) is 1. The van der Waals surface area contributed by atoms with E-state index in [9.17, 15) is 14.4 Å². The molecule has 0 spiro atoms. The zero-order chi connectivity index (χ0) is 21.1. The quantitative estimate of drug-likeness (QED) is 0.811. The number of aromatic amines is 1. The van der Waals surface area contributed by atoms with Crippen molar-refractivity contribution in [2.24, 2.45) is 11.8 Å². The molecule has 2 amide bonds. The molecule has 1 aromatic carbocycles. The van der Waals surface area contributed by atoms with Gasteiger partial charge in [-0.3, -0.25) is 14.2 Å². The molecule has 1 unspecified atom stereocenters. The Labute approximate surface area is 171 Å². The summed E-state index contributed by atoms with van der Waals surface area (Å²) in [6.07, 6.45) is 3.01. The lowest BCUT2D eigenvalue weighted by Crippen LogP contribution is -2.45. The molecule has 0 saturated carbocycles. The fraction of sp³-hybridized carbons (Fsp3) is 0.500. The van der Waals surface area contributed by atoms with E-state index >= 15 is 0 Å². The number of aryl methyl sites for hydroxylation is 1. The van der Waals surface area contributed by atoms with Crippen LogP contribution in [0.4, 0.5) is 0 Å². The lowest BCUT2D eigenvalue weighted by atomic mass is 9.94. The van der Waals surface area contributed by atoms with Crippen LogP contribution in [-0.2, 0) is 4.79 Å². The van der Waals surface area contributed by atoms with Crippen molar-refractivity contribution in [3.8, 4) is 5.69 Å². The van der Waals surface area contributed by atoms with Crippen molar-refractivity contribution in [2.75, 3.05) is 13.1 Å². The first-order valence-electron chi connectivity index (χ1n) is 10.2. The van der Waals surface area contributed by atoms with Crippen LogP contribution in [0, 0.1) is 18.8 Å². The standard InChI is InChI=1S/C22H30N4O3/c1-14(2)16(4)24-20(27)17-9-11-25(12-10-17)21(28)18-5-7-19(8-6-18)26-15(3)13-23-22(26)29/h5-8,13-14,16-17H,9-12H2,1-4H3,(H,23,29)(H,24,27). The smallest absolute Gasteiger partial charge is 0.330 e. The minimum absolute atomic E-state index is 0.0360. The fourth-order valence-electron chi connectivity index (χ4n) is 3.57. The molecule has 1 saturated heterocycles. The third-order valence-electron chi connectivity index (χ3n) is 5.86. The second-order valence-electron chi connectivity index (χ2n) is 8.23. The fourth-order valence-corrected chi connectivity index (χ4v) is 3.57. The molecule has 3 rings (SSSR count). The number of nitrogens with zero attached hydrogens (tertiary/aromatic N) is 2. The van der Waals surface area contributed by atoms with E-state index in [0.717, 1.165) is 11.4 Å². The van der Waals surface area contributed by atoms with Gasteiger partial charge in [0.15, 0.2) is 0 Å². The predicted octanol–water partition coefficient (Wildman–Crippen LogP) is 2.49. The SMILES string of the molecule is Cc1c[nH]c(=O)n1-c1ccc(C(=O)N2CCC(C(=O)NC(C)C(C)C)CC2)cc1. The molecule has 1 aromatic heterocycles. The van der Waals surface area contributed by atoms with Gasteiger partial charge >= 0.3 is 5.69 Å². The normalized spacial score (nSPS) is 16.1. The van der Waals surface area contributed by atoms with E-state index in [0.29, 0.717) is 37.4 Å². The molecule has 2 aromatic rings. The minimum Gasteiger partial charge on any atom is -0.353 e. The van der Waals surface area contributed by atoms with Gasteiger partial charge in [-0.25, -0.2) is 4.79 Å². The first-order valence-corrected chi connectivity index (χ1v) is 10.2. The monoisotopic (exact) mass is 398 g/mol. The van der Waals surface area contributed by atoms with E-state index in [1.807, 2.05) is 13.8 Å². The summed E-state index contributed by atoms with van der Waals surface area (Å²) >= 11 is 0. The van der Waals surface area contributed by atoms with Crippen molar-refractivity contribution in [3.63, 3.8) is 0 Å². The Morgan fingerprint density at radius 3 is 2.24 bits per heavy atom. The van der Waals surface area contributed by atoms with E-state index in [-0.39, 0.29) is 29.5 Å². The molecule has 1 aliphatic heterocycles. The van der Waals surface area contributed by atoms with Gasteiger partial charge in [-0.2, -0.15) is 0 Å². The van der Waals surface area contributed by atoms with Crippen molar-refractivity contribution >= 4 is 11.8 Å². The minimum atomic E-state index is -0.200. The summed E-state index contributed by atoms with van der Waals surface area (Å²) in [4.78, 5) is 41.6. The number of aromatic nitrogens is 2. The average molecular weight is 399 g/mol. The molecular weight excluding hydrogens is 368 g/mol. The van der Waals surface area contributed by atoms with E-state index in [1.54, 1.807) is 39.9 Å². The van der Waals surface area contributed by atoms with E-state index in [1.165, 1.54) is 0 Å². The number of benzene rings is 1. The lowest BCUT2D eigenvalue weighted by molar-refractivity contribution is -0.127. The Bertz CT molecular complexity index is 918. The van der Waals surface area contributed by atoms with Crippen LogP contribution in [0.15, 0.2) is 35.3 Å². The van der Waals surface area contributed by atoms with Crippen LogP contribution in [0.1, 0.15) is 49.7 Å². The summed E-state index contributed by atoms with van der Waals surface area (Å²) in [5.74, 6) is 0.416. The van der Waals surface area contributed by atoms with E-state index in [2.05, 4.69) is 24.1 Å². The predicted molar refractivity (Wildman–Crippen MR) is 112 cm³/mol. The molecular formula is C22H30N4O3. The number of H-pyrrole nitrogens is 1. The Hall–Kier alpha value is -2.83. The van der Waals surface area contributed by atoms with Crippen LogP contribution in [-0.4, -0.2) is 45.4 Å². The topological polar surface area (TPSA) is 87.2 Å². The van der Waals surface area contributed by atoms with Gasteiger partial charge in [0.2, 0.25) is 5.91 Å². The highest BCUT2D eigenvalue weighted by atomic mass is 16.2. The number of carbonyl (C=O) groups is 2. The third kappa shape index (κ3) is 4.60. The second-order valence-corrected chi connectivity index (χ2v) is 8.23. The largest absolute Gasteiger partial charge is 0.353 e. The van der Waals surface area contributed by atoms with Gasteiger partial charge in [0.1, 0.15) is 0 Å². The molecule has 0 aliphatic carbocycles.